The lowest BCUT2D eigenvalue weighted by atomic mass is 10.1. The summed E-state index contributed by atoms with van der Waals surface area (Å²) in [5.74, 6) is 6.95. The number of rotatable bonds is 8. The highest BCUT2D eigenvalue weighted by Crippen LogP contribution is 2.33. The van der Waals surface area contributed by atoms with Crippen LogP contribution in [-0.2, 0) is 17.3 Å². The number of likely N-dealkylation sites (tertiary alicyclic amines) is 1. The summed E-state index contributed by atoms with van der Waals surface area (Å²) in [6.45, 7) is 4.63. The second-order valence-electron chi connectivity index (χ2n) is 9.90. The highest BCUT2D eigenvalue weighted by atomic mass is 32.2. The molecule has 1 saturated heterocycles. The van der Waals surface area contributed by atoms with E-state index < -0.39 is 23.5 Å². The molecule has 1 unspecified atom stereocenters. The topological polar surface area (TPSA) is 55.7 Å². The van der Waals surface area contributed by atoms with Crippen molar-refractivity contribution in [1.82, 2.24) is 9.47 Å². The van der Waals surface area contributed by atoms with Crippen LogP contribution in [0, 0.1) is 11.8 Å². The number of nitrogens with zero attached hydrogens (tertiary/aromatic N) is 2. The van der Waals surface area contributed by atoms with Gasteiger partial charge in [0.2, 0.25) is 0 Å². The molecule has 0 saturated carbocycles. The van der Waals surface area contributed by atoms with Gasteiger partial charge in [-0.05, 0) is 62.2 Å². The standard InChI is InChI=1S/C29H34F3N3O3S/c1-20(2)39(36)23-10-11-25(28(18-23)37-4)33-14-6-7-21-17-24-26(35(21)19-29(30,31)32)8-5-9-27(24)38-22-12-15-34(3)16-13-22/h5,8-11,17-18,20,22,33H,12-16,19H2,1-4H3. The van der Waals surface area contributed by atoms with E-state index in [1.54, 1.807) is 42.5 Å². The Morgan fingerprint density at radius 1 is 1.13 bits per heavy atom. The first-order valence-corrected chi connectivity index (χ1v) is 14.1. The lowest BCUT2D eigenvalue weighted by molar-refractivity contribution is -0.140. The summed E-state index contributed by atoms with van der Waals surface area (Å²) in [5, 5.41) is 3.73. The molecule has 3 aromatic rings. The predicted octanol–water partition coefficient (Wildman–Crippen LogP) is 5.66. The molecule has 2 aromatic carbocycles. The summed E-state index contributed by atoms with van der Waals surface area (Å²) < 4.78 is 65.8. The van der Waals surface area contributed by atoms with Gasteiger partial charge in [-0.15, -0.1) is 0 Å². The second-order valence-corrected chi connectivity index (χ2v) is 11.9. The molecule has 2 heterocycles. The molecule has 1 aliphatic rings. The number of anilines is 1. The molecule has 1 atom stereocenters. The van der Waals surface area contributed by atoms with Gasteiger partial charge < -0.3 is 24.3 Å². The normalized spacial score (nSPS) is 15.7. The largest absolute Gasteiger partial charge is 0.495 e. The summed E-state index contributed by atoms with van der Waals surface area (Å²) in [5.41, 5.74) is 1.35. The highest BCUT2D eigenvalue weighted by Gasteiger charge is 2.30. The number of hydrogen-bond acceptors (Lipinski definition) is 5. The molecule has 0 spiro atoms. The molecular formula is C29H34F3N3O3S. The van der Waals surface area contributed by atoms with Gasteiger partial charge in [-0.3, -0.25) is 4.21 Å². The van der Waals surface area contributed by atoms with E-state index in [1.165, 1.54) is 11.7 Å². The zero-order valence-electron chi connectivity index (χ0n) is 22.6. The van der Waals surface area contributed by atoms with Gasteiger partial charge in [0.1, 0.15) is 24.1 Å². The number of hydrogen-bond donors (Lipinski definition) is 1. The van der Waals surface area contributed by atoms with Crippen molar-refractivity contribution in [3.05, 3.63) is 48.2 Å². The van der Waals surface area contributed by atoms with E-state index in [0.29, 0.717) is 33.0 Å². The fourth-order valence-electron chi connectivity index (χ4n) is 4.58. The zero-order valence-corrected chi connectivity index (χ0v) is 23.4. The minimum atomic E-state index is -4.41. The van der Waals surface area contributed by atoms with E-state index in [2.05, 4.69) is 29.1 Å². The third-order valence-corrected chi connectivity index (χ3v) is 8.19. The van der Waals surface area contributed by atoms with Crippen LogP contribution in [0.4, 0.5) is 18.9 Å². The van der Waals surface area contributed by atoms with Crippen LogP contribution in [0.5, 0.6) is 11.5 Å². The van der Waals surface area contributed by atoms with Crippen molar-refractivity contribution >= 4 is 27.4 Å². The van der Waals surface area contributed by atoms with Gasteiger partial charge in [-0.25, -0.2) is 0 Å². The average molecular weight is 562 g/mol. The summed E-state index contributed by atoms with van der Waals surface area (Å²) in [6.07, 6.45) is -2.65. The summed E-state index contributed by atoms with van der Waals surface area (Å²) in [4.78, 5) is 2.90. The van der Waals surface area contributed by atoms with Gasteiger partial charge in [0, 0.05) is 28.6 Å². The van der Waals surface area contributed by atoms with Crippen molar-refractivity contribution in [2.75, 3.05) is 39.1 Å². The minimum Gasteiger partial charge on any atom is -0.495 e. The molecule has 1 fully saturated rings. The van der Waals surface area contributed by atoms with Crippen LogP contribution in [-0.4, -0.2) is 65.0 Å². The first kappa shape index (κ1) is 28.8. The maximum Gasteiger partial charge on any atom is 0.406 e. The zero-order chi connectivity index (χ0) is 28.2. The number of nitrogens with one attached hydrogen (secondary N) is 1. The van der Waals surface area contributed by atoms with Crippen LogP contribution >= 0.6 is 0 Å². The molecule has 0 radical (unpaired) electrons. The van der Waals surface area contributed by atoms with E-state index in [9.17, 15) is 17.4 Å². The average Bonchev–Trinajstić information content (AvgIpc) is 3.24. The number of methoxy groups -OCH3 is 1. The fraction of sp³-hybridized carbons (Fsp3) is 0.448. The van der Waals surface area contributed by atoms with Crippen molar-refractivity contribution in [2.45, 2.75) is 55.7 Å². The lowest BCUT2D eigenvalue weighted by Crippen LogP contribution is -2.35. The highest BCUT2D eigenvalue weighted by molar-refractivity contribution is 7.85. The Morgan fingerprint density at radius 2 is 1.87 bits per heavy atom. The van der Waals surface area contributed by atoms with Crippen LogP contribution in [0.2, 0.25) is 0 Å². The molecular weight excluding hydrogens is 527 g/mol. The molecule has 1 N–H and O–H groups in total. The van der Waals surface area contributed by atoms with Gasteiger partial charge in [-0.2, -0.15) is 13.2 Å². The minimum absolute atomic E-state index is 0.0239. The predicted molar refractivity (Wildman–Crippen MR) is 149 cm³/mol. The Bertz CT molecular complexity index is 1380. The van der Waals surface area contributed by atoms with Gasteiger partial charge in [-0.1, -0.05) is 25.8 Å². The third kappa shape index (κ3) is 7.28. The Morgan fingerprint density at radius 3 is 2.54 bits per heavy atom. The molecule has 39 heavy (non-hydrogen) atoms. The summed E-state index contributed by atoms with van der Waals surface area (Å²) >= 11 is 0. The van der Waals surface area contributed by atoms with Crippen LogP contribution in [0.15, 0.2) is 47.4 Å². The van der Waals surface area contributed by atoms with Crippen LogP contribution < -0.4 is 14.8 Å². The Kier molecular flexibility index (Phi) is 9.13. The van der Waals surface area contributed by atoms with Crippen molar-refractivity contribution < 1.29 is 26.9 Å². The first-order valence-electron chi connectivity index (χ1n) is 12.9. The summed E-state index contributed by atoms with van der Waals surface area (Å²) in [6, 6.07) is 12.1. The molecule has 10 heteroatoms. The summed E-state index contributed by atoms with van der Waals surface area (Å²) in [7, 11) is 2.43. The van der Waals surface area contributed by atoms with E-state index in [-0.39, 0.29) is 23.6 Å². The SMILES string of the molecule is COc1cc(S(=O)C(C)C)ccc1NCC#Cc1cc2c(OC3CCN(C)CC3)cccc2n1CC(F)(F)F. The molecule has 210 valence electrons. The number of halogens is 3. The number of aromatic nitrogens is 1. The molecule has 0 bridgehead atoms. The van der Waals surface area contributed by atoms with Gasteiger partial charge in [0.15, 0.2) is 0 Å². The number of piperidine rings is 1. The maximum atomic E-state index is 13.5. The van der Waals surface area contributed by atoms with Gasteiger partial charge in [0.05, 0.1) is 41.4 Å². The van der Waals surface area contributed by atoms with E-state index in [0.717, 1.165) is 25.9 Å². The van der Waals surface area contributed by atoms with Crippen molar-refractivity contribution in [3.63, 3.8) is 0 Å². The molecule has 0 aliphatic carbocycles. The maximum absolute atomic E-state index is 13.5. The number of fused-ring (bicyclic) bond motifs is 1. The van der Waals surface area contributed by atoms with Crippen molar-refractivity contribution in [1.29, 1.82) is 0 Å². The van der Waals surface area contributed by atoms with Crippen LogP contribution in [0.3, 0.4) is 0 Å². The third-order valence-electron chi connectivity index (χ3n) is 6.62. The molecule has 0 amide bonds. The van der Waals surface area contributed by atoms with Gasteiger partial charge >= 0.3 is 6.18 Å². The molecule has 1 aliphatic heterocycles. The Labute approximate surface area is 229 Å². The quantitative estimate of drug-likeness (QED) is 0.360. The van der Waals surface area contributed by atoms with Crippen molar-refractivity contribution in [3.8, 4) is 23.3 Å². The number of ether oxygens (including phenoxy) is 2. The Hall–Kier alpha value is -3.16. The first-order chi connectivity index (χ1) is 18.6. The monoisotopic (exact) mass is 561 g/mol. The van der Waals surface area contributed by atoms with E-state index in [1.807, 2.05) is 13.8 Å². The van der Waals surface area contributed by atoms with Gasteiger partial charge in [0.25, 0.3) is 0 Å². The van der Waals surface area contributed by atoms with Crippen LogP contribution in [0.25, 0.3) is 10.9 Å². The van der Waals surface area contributed by atoms with Crippen molar-refractivity contribution in [2.24, 2.45) is 0 Å². The lowest BCUT2D eigenvalue weighted by Gasteiger charge is -2.29. The van der Waals surface area contributed by atoms with E-state index >= 15 is 0 Å². The molecule has 1 aromatic heterocycles. The molecule has 6 nitrogen and oxygen atoms in total. The number of alkyl halides is 3. The second kappa shape index (κ2) is 12.3. The molecule has 4 rings (SSSR count). The number of benzene rings is 2. The Balaban J connectivity index is 1.57. The fourth-order valence-corrected chi connectivity index (χ4v) is 5.55. The van der Waals surface area contributed by atoms with Crippen LogP contribution in [0.1, 0.15) is 32.4 Å². The van der Waals surface area contributed by atoms with E-state index in [4.69, 9.17) is 9.47 Å². The smallest absolute Gasteiger partial charge is 0.406 e.